The maximum Gasteiger partial charge on any atom is 0.231 e. The molecule has 1 aliphatic heterocycles. The van der Waals surface area contributed by atoms with E-state index in [4.69, 9.17) is 9.47 Å². The highest BCUT2D eigenvalue weighted by Gasteiger charge is 2.17. The summed E-state index contributed by atoms with van der Waals surface area (Å²) in [5, 5.41) is 13.4. The topological polar surface area (TPSA) is 54.0 Å². The van der Waals surface area contributed by atoms with Gasteiger partial charge in [-0.25, -0.2) is 0 Å². The monoisotopic (exact) mass is 286 g/mol. The number of anilines is 2. The Morgan fingerprint density at radius 3 is 2.62 bits per heavy atom. The summed E-state index contributed by atoms with van der Waals surface area (Å²) < 4.78 is 10.6. The minimum absolute atomic E-state index is 0.203. The number of ether oxygens (including phenoxy) is 2. The molecule has 110 valence electrons. The van der Waals surface area contributed by atoms with Crippen LogP contribution in [-0.2, 0) is 6.54 Å². The number of phenolic OH excluding ortho intramolecular Hbond substituents is 1. The third-order valence-corrected chi connectivity index (χ3v) is 3.43. The highest BCUT2D eigenvalue weighted by atomic mass is 16.7. The van der Waals surface area contributed by atoms with E-state index in [0.29, 0.717) is 18.0 Å². The summed E-state index contributed by atoms with van der Waals surface area (Å²) in [4.78, 5) is 2.04. The first-order chi connectivity index (χ1) is 10.1. The second-order valence-electron chi connectivity index (χ2n) is 5.10. The molecule has 0 spiro atoms. The van der Waals surface area contributed by atoms with E-state index in [1.807, 2.05) is 49.3 Å². The number of hydrogen-bond acceptors (Lipinski definition) is 5. The fourth-order valence-corrected chi connectivity index (χ4v) is 2.32. The summed E-state index contributed by atoms with van der Waals surface area (Å²) in [5.74, 6) is 1.46. The van der Waals surface area contributed by atoms with Gasteiger partial charge in [0.25, 0.3) is 0 Å². The molecular weight excluding hydrogens is 268 g/mol. The lowest BCUT2D eigenvalue weighted by Crippen LogP contribution is -2.12. The second kappa shape index (κ2) is 5.44. The zero-order valence-electron chi connectivity index (χ0n) is 12.1. The lowest BCUT2D eigenvalue weighted by atomic mass is 10.1. The maximum atomic E-state index is 10.0. The van der Waals surface area contributed by atoms with Crippen LogP contribution in [0, 0.1) is 0 Å². The van der Waals surface area contributed by atoms with Gasteiger partial charge < -0.3 is 24.8 Å². The minimum Gasteiger partial charge on any atom is -0.507 e. The Labute approximate surface area is 123 Å². The van der Waals surface area contributed by atoms with Crippen LogP contribution in [0.15, 0.2) is 36.4 Å². The molecule has 0 bridgehead atoms. The fourth-order valence-electron chi connectivity index (χ4n) is 2.32. The number of aromatic hydroxyl groups is 1. The molecule has 0 unspecified atom stereocenters. The molecule has 5 heteroatoms. The van der Waals surface area contributed by atoms with Crippen molar-refractivity contribution in [2.45, 2.75) is 6.54 Å². The highest BCUT2D eigenvalue weighted by molar-refractivity contribution is 5.69. The lowest BCUT2D eigenvalue weighted by Gasteiger charge is -2.18. The smallest absolute Gasteiger partial charge is 0.231 e. The van der Waals surface area contributed by atoms with Gasteiger partial charge in [-0.05, 0) is 18.2 Å². The first-order valence-electron chi connectivity index (χ1n) is 6.77. The summed E-state index contributed by atoms with van der Waals surface area (Å²) in [7, 11) is 4.00. The molecule has 2 aromatic carbocycles. The number of phenols is 1. The summed E-state index contributed by atoms with van der Waals surface area (Å²) in [6.45, 7) is 0.711. The normalized spacial score (nSPS) is 12.3. The van der Waals surface area contributed by atoms with E-state index in [2.05, 4.69) is 5.32 Å². The van der Waals surface area contributed by atoms with E-state index >= 15 is 0 Å². The molecule has 0 atom stereocenters. The van der Waals surface area contributed by atoms with E-state index in [9.17, 15) is 5.11 Å². The van der Waals surface area contributed by atoms with Crippen LogP contribution in [0.5, 0.6) is 17.2 Å². The zero-order valence-corrected chi connectivity index (χ0v) is 12.1. The van der Waals surface area contributed by atoms with Crippen LogP contribution in [0.25, 0.3) is 0 Å². The first kappa shape index (κ1) is 13.4. The Bertz CT molecular complexity index is 656. The molecule has 2 aromatic rings. The summed E-state index contributed by atoms with van der Waals surface area (Å²) >= 11 is 0. The molecule has 1 aliphatic rings. The van der Waals surface area contributed by atoms with Crippen LogP contribution >= 0.6 is 0 Å². The van der Waals surface area contributed by atoms with Crippen LogP contribution in [0.2, 0.25) is 0 Å². The van der Waals surface area contributed by atoms with Crippen LogP contribution < -0.4 is 19.7 Å². The van der Waals surface area contributed by atoms with Crippen molar-refractivity contribution in [1.29, 1.82) is 0 Å². The maximum absolute atomic E-state index is 10.0. The van der Waals surface area contributed by atoms with Crippen molar-refractivity contribution >= 4 is 11.4 Å². The number of nitrogens with zero attached hydrogens (tertiary/aromatic N) is 1. The Morgan fingerprint density at radius 1 is 1.14 bits per heavy atom. The van der Waals surface area contributed by atoms with Gasteiger partial charge in [0.2, 0.25) is 6.79 Å². The zero-order chi connectivity index (χ0) is 14.8. The van der Waals surface area contributed by atoms with E-state index in [0.717, 1.165) is 16.9 Å². The standard InChI is InChI=1S/C16H18N2O3/c1-18(2)13-6-4-3-5-12(13)17-9-11-7-15-16(8-14(11)19)21-10-20-15/h3-8,17,19H,9-10H2,1-2H3. The van der Waals surface area contributed by atoms with Gasteiger partial charge in [-0.2, -0.15) is 0 Å². The molecule has 21 heavy (non-hydrogen) atoms. The average molecular weight is 286 g/mol. The molecule has 0 radical (unpaired) electrons. The third-order valence-electron chi connectivity index (χ3n) is 3.43. The number of rotatable bonds is 4. The second-order valence-corrected chi connectivity index (χ2v) is 5.10. The summed E-state index contributed by atoms with van der Waals surface area (Å²) in [6, 6.07) is 11.4. The van der Waals surface area contributed by atoms with Gasteiger partial charge in [-0.3, -0.25) is 0 Å². The van der Waals surface area contributed by atoms with E-state index in [1.54, 1.807) is 6.07 Å². The van der Waals surface area contributed by atoms with Gasteiger partial charge in [-0.1, -0.05) is 12.1 Å². The number of nitrogens with one attached hydrogen (secondary N) is 1. The van der Waals surface area contributed by atoms with Crippen LogP contribution in [0.1, 0.15) is 5.56 Å². The van der Waals surface area contributed by atoms with Crippen molar-refractivity contribution in [1.82, 2.24) is 0 Å². The molecule has 5 nitrogen and oxygen atoms in total. The Kier molecular flexibility index (Phi) is 3.48. The van der Waals surface area contributed by atoms with Gasteiger partial charge in [0, 0.05) is 32.3 Å². The van der Waals surface area contributed by atoms with E-state index < -0.39 is 0 Å². The molecule has 0 aromatic heterocycles. The summed E-state index contributed by atoms with van der Waals surface area (Å²) in [5.41, 5.74) is 2.88. The van der Waals surface area contributed by atoms with Crippen LogP contribution in [0.3, 0.4) is 0 Å². The van der Waals surface area contributed by atoms with E-state index in [1.165, 1.54) is 0 Å². The number of benzene rings is 2. The van der Waals surface area contributed by atoms with E-state index in [-0.39, 0.29) is 12.5 Å². The molecule has 0 saturated heterocycles. The van der Waals surface area contributed by atoms with Crippen LogP contribution in [0.4, 0.5) is 11.4 Å². The average Bonchev–Trinajstić information content (AvgIpc) is 2.92. The van der Waals surface area contributed by atoms with Gasteiger partial charge in [-0.15, -0.1) is 0 Å². The van der Waals surface area contributed by atoms with Gasteiger partial charge >= 0.3 is 0 Å². The molecule has 2 N–H and O–H groups in total. The SMILES string of the molecule is CN(C)c1ccccc1NCc1cc2c(cc1O)OCO2. The van der Waals surface area contributed by atoms with Crippen LogP contribution in [-0.4, -0.2) is 26.0 Å². The van der Waals surface area contributed by atoms with Crippen molar-refractivity contribution in [3.63, 3.8) is 0 Å². The quantitative estimate of drug-likeness (QED) is 0.905. The van der Waals surface area contributed by atoms with Gasteiger partial charge in [0.1, 0.15) is 5.75 Å². The largest absolute Gasteiger partial charge is 0.507 e. The molecule has 0 aliphatic carbocycles. The molecule has 1 heterocycles. The molecule has 3 rings (SSSR count). The van der Waals surface area contributed by atoms with Crippen molar-refractivity contribution in [3.05, 3.63) is 42.0 Å². The Balaban J connectivity index is 1.80. The number of fused-ring (bicyclic) bond motifs is 1. The first-order valence-corrected chi connectivity index (χ1v) is 6.77. The van der Waals surface area contributed by atoms with Crippen molar-refractivity contribution in [2.75, 3.05) is 31.1 Å². The summed E-state index contributed by atoms with van der Waals surface area (Å²) in [6.07, 6.45) is 0. The predicted octanol–water partition coefficient (Wildman–Crippen LogP) is 2.80. The Morgan fingerprint density at radius 2 is 1.86 bits per heavy atom. The lowest BCUT2D eigenvalue weighted by molar-refractivity contribution is 0.174. The van der Waals surface area contributed by atoms with Crippen molar-refractivity contribution in [3.8, 4) is 17.2 Å². The minimum atomic E-state index is 0.203. The Hall–Kier alpha value is -2.56. The molecular formula is C16H18N2O3. The van der Waals surface area contributed by atoms with Gasteiger partial charge in [0.15, 0.2) is 11.5 Å². The number of hydrogen-bond donors (Lipinski definition) is 2. The van der Waals surface area contributed by atoms with Gasteiger partial charge in [0.05, 0.1) is 11.4 Å². The highest BCUT2D eigenvalue weighted by Crippen LogP contribution is 2.38. The third kappa shape index (κ3) is 2.67. The predicted molar refractivity (Wildman–Crippen MR) is 82.3 cm³/mol. The molecule has 0 saturated carbocycles. The molecule has 0 amide bonds. The fraction of sp³-hybridized carbons (Fsp3) is 0.250. The van der Waals surface area contributed by atoms with Crippen molar-refractivity contribution in [2.24, 2.45) is 0 Å². The molecule has 0 fully saturated rings. The van der Waals surface area contributed by atoms with Crippen molar-refractivity contribution < 1.29 is 14.6 Å². The number of para-hydroxylation sites is 2.